The number of guanidine groups is 1. The minimum absolute atomic E-state index is 0. The highest BCUT2D eigenvalue weighted by molar-refractivity contribution is 14.0. The van der Waals surface area contributed by atoms with Crippen LogP contribution in [0.1, 0.15) is 32.3 Å². The number of carbonyl (C=O) groups is 1. The van der Waals surface area contributed by atoms with Gasteiger partial charge in [0.25, 0.3) is 0 Å². The summed E-state index contributed by atoms with van der Waals surface area (Å²) < 4.78 is 15.5. The number of benzene rings is 1. The molecule has 1 rings (SSSR count). The average molecular weight is 493 g/mol. The van der Waals surface area contributed by atoms with Crippen molar-refractivity contribution in [2.24, 2.45) is 4.99 Å². The van der Waals surface area contributed by atoms with Crippen LogP contribution in [0.2, 0.25) is 0 Å². The molecular weight excluding hydrogens is 461 g/mol. The van der Waals surface area contributed by atoms with E-state index in [1.807, 2.05) is 32.0 Å². The van der Waals surface area contributed by atoms with E-state index in [4.69, 9.17) is 9.47 Å². The molecule has 8 heteroatoms. The van der Waals surface area contributed by atoms with Crippen LogP contribution >= 0.6 is 24.0 Å². The third-order valence-corrected chi connectivity index (χ3v) is 3.61. The summed E-state index contributed by atoms with van der Waals surface area (Å²) in [7, 11) is 3.03. The number of nitrogens with one attached hydrogen (secondary N) is 2. The summed E-state index contributed by atoms with van der Waals surface area (Å²) in [6.45, 7) is 6.51. The Balaban J connectivity index is 0.00000676. The fourth-order valence-electron chi connectivity index (χ4n) is 2.35. The molecule has 0 amide bonds. The van der Waals surface area contributed by atoms with Gasteiger partial charge in [0.05, 0.1) is 27.2 Å². The smallest absolute Gasteiger partial charge is 0.307 e. The molecule has 0 aliphatic carbocycles. The summed E-state index contributed by atoms with van der Waals surface area (Å²) in [6.07, 6.45) is 2.12. The molecule has 0 saturated carbocycles. The number of carbonyl (C=O) groups excluding carboxylic acids is 1. The minimum Gasteiger partial charge on any atom is -0.493 e. The molecule has 0 bridgehead atoms. The predicted molar refractivity (Wildman–Crippen MR) is 119 cm³/mol. The van der Waals surface area contributed by atoms with Gasteiger partial charge in [-0.1, -0.05) is 6.07 Å². The standard InChI is InChI=1S/C19H31N3O4.HI/c1-5-20-19(22-13-11-18(23)25-4)21-12-7-8-15-9-10-16(24-3)17(14-15)26-6-2;/h9-10,14H,5-8,11-13H2,1-4H3,(H2,20,21,22);1H. The Kier molecular flexibility index (Phi) is 14.4. The molecule has 0 aliphatic heterocycles. The number of nitrogens with zero attached hydrogens (tertiary/aromatic N) is 1. The highest BCUT2D eigenvalue weighted by Crippen LogP contribution is 2.28. The molecule has 0 aromatic heterocycles. The quantitative estimate of drug-likeness (QED) is 0.162. The van der Waals surface area contributed by atoms with Crippen LogP contribution in [0.15, 0.2) is 23.2 Å². The number of ether oxygens (including phenoxy) is 3. The molecule has 0 fully saturated rings. The Labute approximate surface area is 179 Å². The van der Waals surface area contributed by atoms with Crippen molar-refractivity contribution < 1.29 is 19.0 Å². The molecule has 0 unspecified atom stereocenters. The summed E-state index contributed by atoms with van der Waals surface area (Å²) in [5.74, 6) is 1.99. The second kappa shape index (κ2) is 15.4. The van der Waals surface area contributed by atoms with Crippen molar-refractivity contribution in [3.05, 3.63) is 23.8 Å². The molecule has 2 N–H and O–H groups in total. The van der Waals surface area contributed by atoms with Crippen molar-refractivity contribution in [3.63, 3.8) is 0 Å². The zero-order valence-electron chi connectivity index (χ0n) is 16.7. The van der Waals surface area contributed by atoms with Crippen molar-refractivity contribution in [1.82, 2.24) is 10.6 Å². The first kappa shape index (κ1) is 25.3. The molecule has 0 spiro atoms. The monoisotopic (exact) mass is 493 g/mol. The van der Waals surface area contributed by atoms with Gasteiger partial charge in [0.1, 0.15) is 0 Å². The molecular formula is C19H32IN3O4. The van der Waals surface area contributed by atoms with Crippen LogP contribution in [-0.4, -0.2) is 52.4 Å². The highest BCUT2D eigenvalue weighted by atomic mass is 127. The number of aliphatic imine (C=N–C) groups is 1. The summed E-state index contributed by atoms with van der Waals surface area (Å²) in [5, 5.41) is 6.29. The molecule has 0 heterocycles. The first-order chi connectivity index (χ1) is 12.6. The van der Waals surface area contributed by atoms with Crippen LogP contribution in [0.4, 0.5) is 0 Å². The first-order valence-electron chi connectivity index (χ1n) is 9.03. The van der Waals surface area contributed by atoms with Crippen LogP contribution in [0.25, 0.3) is 0 Å². The topological polar surface area (TPSA) is 81.2 Å². The number of aryl methyl sites for hydroxylation is 1. The summed E-state index contributed by atoms with van der Waals surface area (Å²) >= 11 is 0. The van der Waals surface area contributed by atoms with Crippen molar-refractivity contribution in [1.29, 1.82) is 0 Å². The Morgan fingerprint density at radius 2 is 1.93 bits per heavy atom. The van der Waals surface area contributed by atoms with Crippen LogP contribution in [0, 0.1) is 0 Å². The molecule has 0 atom stereocenters. The average Bonchev–Trinajstić information content (AvgIpc) is 2.65. The van der Waals surface area contributed by atoms with Gasteiger partial charge in [0, 0.05) is 19.6 Å². The Morgan fingerprint density at radius 1 is 1.15 bits per heavy atom. The van der Waals surface area contributed by atoms with Gasteiger partial charge in [-0.25, -0.2) is 0 Å². The van der Waals surface area contributed by atoms with E-state index in [0.29, 0.717) is 32.1 Å². The van der Waals surface area contributed by atoms with Gasteiger partial charge in [-0.3, -0.25) is 9.79 Å². The fourth-order valence-corrected chi connectivity index (χ4v) is 2.35. The van der Waals surface area contributed by atoms with Crippen molar-refractivity contribution >= 4 is 35.9 Å². The molecule has 1 aromatic carbocycles. The maximum atomic E-state index is 11.1. The van der Waals surface area contributed by atoms with Gasteiger partial charge in [-0.05, 0) is 44.4 Å². The van der Waals surface area contributed by atoms with Gasteiger partial charge in [-0.2, -0.15) is 0 Å². The van der Waals surface area contributed by atoms with E-state index in [0.717, 1.165) is 30.9 Å². The lowest BCUT2D eigenvalue weighted by molar-refractivity contribution is -0.140. The van der Waals surface area contributed by atoms with Gasteiger partial charge < -0.3 is 24.8 Å². The van der Waals surface area contributed by atoms with Crippen molar-refractivity contribution in [2.45, 2.75) is 33.1 Å². The lowest BCUT2D eigenvalue weighted by atomic mass is 10.1. The van der Waals surface area contributed by atoms with Crippen molar-refractivity contribution in [3.8, 4) is 11.5 Å². The maximum absolute atomic E-state index is 11.1. The van der Waals surface area contributed by atoms with Gasteiger partial charge >= 0.3 is 5.97 Å². The van der Waals surface area contributed by atoms with E-state index in [-0.39, 0.29) is 29.9 Å². The van der Waals surface area contributed by atoms with Gasteiger partial charge in [0.15, 0.2) is 17.5 Å². The number of methoxy groups -OCH3 is 2. The second-order valence-electron chi connectivity index (χ2n) is 5.54. The third-order valence-electron chi connectivity index (χ3n) is 3.61. The van der Waals surface area contributed by atoms with Crippen LogP contribution in [0.5, 0.6) is 11.5 Å². The number of esters is 1. The van der Waals surface area contributed by atoms with Gasteiger partial charge in [0.2, 0.25) is 0 Å². The van der Waals surface area contributed by atoms with Gasteiger partial charge in [-0.15, -0.1) is 24.0 Å². The maximum Gasteiger partial charge on any atom is 0.307 e. The molecule has 1 aromatic rings. The summed E-state index contributed by atoms with van der Waals surface area (Å²) in [5.41, 5.74) is 1.19. The van der Waals surface area contributed by atoms with Crippen LogP contribution in [-0.2, 0) is 16.0 Å². The SMILES string of the molecule is CCNC(=NCCCc1ccc(OC)c(OCC)c1)NCCC(=O)OC.I. The molecule has 0 aliphatic rings. The van der Waals surface area contributed by atoms with E-state index >= 15 is 0 Å². The van der Waals surface area contributed by atoms with Crippen molar-refractivity contribution in [2.75, 3.05) is 40.5 Å². The number of hydrogen-bond acceptors (Lipinski definition) is 5. The summed E-state index contributed by atoms with van der Waals surface area (Å²) in [6, 6.07) is 6.00. The van der Waals surface area contributed by atoms with E-state index in [1.54, 1.807) is 7.11 Å². The number of rotatable bonds is 11. The third kappa shape index (κ3) is 10.3. The van der Waals surface area contributed by atoms with E-state index < -0.39 is 0 Å². The first-order valence-corrected chi connectivity index (χ1v) is 9.03. The second-order valence-corrected chi connectivity index (χ2v) is 5.54. The van der Waals surface area contributed by atoms with Crippen LogP contribution in [0.3, 0.4) is 0 Å². The molecule has 27 heavy (non-hydrogen) atoms. The lowest BCUT2D eigenvalue weighted by Gasteiger charge is -2.12. The largest absolute Gasteiger partial charge is 0.493 e. The molecule has 0 radical (unpaired) electrons. The summed E-state index contributed by atoms with van der Waals surface area (Å²) in [4.78, 5) is 15.7. The Hall–Kier alpha value is -1.71. The molecule has 154 valence electrons. The zero-order chi connectivity index (χ0) is 19.2. The fraction of sp³-hybridized carbons (Fsp3) is 0.579. The van der Waals surface area contributed by atoms with E-state index in [9.17, 15) is 4.79 Å². The zero-order valence-corrected chi connectivity index (χ0v) is 19.0. The van der Waals surface area contributed by atoms with E-state index in [1.165, 1.54) is 12.7 Å². The predicted octanol–water partition coefficient (Wildman–Crippen LogP) is 2.76. The minimum atomic E-state index is -0.238. The highest BCUT2D eigenvalue weighted by Gasteiger charge is 2.05. The van der Waals surface area contributed by atoms with E-state index in [2.05, 4.69) is 20.4 Å². The number of halogens is 1. The molecule has 7 nitrogen and oxygen atoms in total. The Morgan fingerprint density at radius 3 is 2.56 bits per heavy atom. The number of hydrogen-bond donors (Lipinski definition) is 2. The lowest BCUT2D eigenvalue weighted by Crippen LogP contribution is -2.38. The Bertz CT molecular complexity index is 582. The molecule has 0 saturated heterocycles. The normalized spacial score (nSPS) is 10.6. The van der Waals surface area contributed by atoms with Crippen LogP contribution < -0.4 is 20.1 Å².